The van der Waals surface area contributed by atoms with Crippen molar-refractivity contribution in [2.24, 2.45) is 0 Å². The van der Waals surface area contributed by atoms with Gasteiger partial charge in [0.05, 0.1) is 0 Å². The van der Waals surface area contributed by atoms with Crippen LogP contribution in [0.15, 0.2) is 11.4 Å². The van der Waals surface area contributed by atoms with E-state index in [0.717, 1.165) is 25.7 Å². The zero-order valence-electron chi connectivity index (χ0n) is 7.68. The van der Waals surface area contributed by atoms with Gasteiger partial charge in [-0.05, 0) is 31.3 Å². The van der Waals surface area contributed by atoms with Crippen LogP contribution in [0.3, 0.4) is 0 Å². The van der Waals surface area contributed by atoms with E-state index in [0.29, 0.717) is 18.4 Å². The molecule has 0 aromatic carbocycles. The summed E-state index contributed by atoms with van der Waals surface area (Å²) in [5.74, 6) is -2.32. The van der Waals surface area contributed by atoms with Crippen LogP contribution in [0.5, 0.6) is 0 Å². The summed E-state index contributed by atoms with van der Waals surface area (Å²) in [6.07, 6.45) is 6.48. The lowest BCUT2D eigenvalue weighted by Crippen LogP contribution is -2.02. The Bertz CT molecular complexity index is 211. The third kappa shape index (κ3) is 3.17. The van der Waals surface area contributed by atoms with Crippen molar-refractivity contribution in [1.29, 1.82) is 0 Å². The van der Waals surface area contributed by atoms with Gasteiger partial charge in [0.1, 0.15) is 0 Å². The minimum absolute atomic E-state index is 0.507. The monoisotopic (exact) mass is 186 g/mol. The van der Waals surface area contributed by atoms with Gasteiger partial charge in [-0.15, -0.1) is 0 Å². The third-order valence-corrected chi connectivity index (χ3v) is 2.46. The van der Waals surface area contributed by atoms with Crippen molar-refractivity contribution in [3.05, 3.63) is 11.4 Å². The number of allylic oxidation sites excluding steroid dienone is 1. The van der Waals surface area contributed by atoms with E-state index in [1.807, 2.05) is 0 Å². The van der Waals surface area contributed by atoms with E-state index >= 15 is 0 Å². The molecule has 0 aromatic heterocycles. The van der Waals surface area contributed by atoms with Gasteiger partial charge in [-0.25, -0.2) is 4.79 Å². The lowest BCUT2D eigenvalue weighted by atomic mass is 9.95. The first-order valence-electron chi connectivity index (χ1n) is 4.82. The normalized spacial score (nSPS) is 19.0. The summed E-state index contributed by atoms with van der Waals surface area (Å²) in [4.78, 5) is 10.4. The zero-order chi connectivity index (χ0) is 9.68. The number of hydrogen-bond donors (Lipinski definition) is 1. The fraction of sp³-hybridized carbons (Fsp3) is 0.700. The highest BCUT2D eigenvalue weighted by atomic mass is 19.1. The first-order chi connectivity index (χ1) is 6.22. The van der Waals surface area contributed by atoms with E-state index in [2.05, 4.69) is 0 Å². The summed E-state index contributed by atoms with van der Waals surface area (Å²) in [6.45, 7) is 0. The second-order valence-corrected chi connectivity index (χ2v) is 3.49. The minimum Gasteiger partial charge on any atom is -0.476 e. The van der Waals surface area contributed by atoms with Crippen LogP contribution < -0.4 is 0 Å². The van der Waals surface area contributed by atoms with Crippen molar-refractivity contribution >= 4 is 5.97 Å². The summed E-state index contributed by atoms with van der Waals surface area (Å²) >= 11 is 0. The van der Waals surface area contributed by atoms with Crippen LogP contribution in [0.25, 0.3) is 0 Å². The summed E-state index contributed by atoms with van der Waals surface area (Å²) in [6, 6.07) is 0. The molecule has 0 spiro atoms. The van der Waals surface area contributed by atoms with Gasteiger partial charge >= 0.3 is 5.97 Å². The molecule has 0 radical (unpaired) electrons. The average molecular weight is 186 g/mol. The fourth-order valence-electron chi connectivity index (χ4n) is 1.70. The number of carboxylic acid groups (broad SMARTS) is 1. The van der Waals surface area contributed by atoms with Crippen LogP contribution in [0.1, 0.15) is 44.9 Å². The molecule has 0 bridgehead atoms. The molecule has 0 aromatic rings. The highest BCUT2D eigenvalue weighted by Crippen LogP contribution is 2.24. The lowest BCUT2D eigenvalue weighted by molar-refractivity contribution is -0.134. The molecule has 2 nitrogen and oxygen atoms in total. The van der Waals surface area contributed by atoms with E-state index < -0.39 is 11.8 Å². The number of carboxylic acids is 1. The second-order valence-electron chi connectivity index (χ2n) is 3.49. The minimum atomic E-state index is -1.41. The van der Waals surface area contributed by atoms with Gasteiger partial charge in [0.2, 0.25) is 5.83 Å². The highest BCUT2D eigenvalue weighted by Gasteiger charge is 2.14. The predicted molar refractivity (Wildman–Crippen MR) is 48.1 cm³/mol. The molecule has 0 aliphatic heterocycles. The Morgan fingerprint density at radius 2 is 1.54 bits per heavy atom. The molecule has 0 unspecified atom stereocenters. The van der Waals surface area contributed by atoms with Crippen molar-refractivity contribution in [3.8, 4) is 0 Å². The Labute approximate surface area is 77.4 Å². The molecular formula is C10H15FO2. The van der Waals surface area contributed by atoms with Crippen molar-refractivity contribution in [3.63, 3.8) is 0 Å². The lowest BCUT2D eigenvalue weighted by Gasteiger charge is -2.11. The van der Waals surface area contributed by atoms with Crippen LogP contribution in [0, 0.1) is 0 Å². The van der Waals surface area contributed by atoms with Gasteiger partial charge in [-0.3, -0.25) is 0 Å². The first-order valence-corrected chi connectivity index (χ1v) is 4.82. The SMILES string of the molecule is O=C(O)C(F)=C1CCCCCCC1. The van der Waals surface area contributed by atoms with Crippen molar-refractivity contribution in [1.82, 2.24) is 0 Å². The summed E-state index contributed by atoms with van der Waals surface area (Å²) in [5, 5.41) is 8.46. The number of halogens is 1. The average Bonchev–Trinajstić information content (AvgIpc) is 2.02. The Kier molecular flexibility index (Phi) is 3.93. The number of hydrogen-bond acceptors (Lipinski definition) is 1. The molecule has 1 N–H and O–H groups in total. The standard InChI is InChI=1S/C10H15FO2/c11-9(10(12)13)8-6-4-2-1-3-5-7-8/h1-7H2,(H,12,13). The fourth-order valence-corrected chi connectivity index (χ4v) is 1.70. The smallest absolute Gasteiger partial charge is 0.364 e. The van der Waals surface area contributed by atoms with E-state index in [-0.39, 0.29) is 0 Å². The van der Waals surface area contributed by atoms with E-state index in [9.17, 15) is 9.18 Å². The molecule has 1 aliphatic rings. The molecule has 13 heavy (non-hydrogen) atoms. The Hall–Kier alpha value is -0.860. The zero-order valence-corrected chi connectivity index (χ0v) is 7.68. The van der Waals surface area contributed by atoms with Crippen molar-refractivity contribution in [2.45, 2.75) is 44.9 Å². The molecular weight excluding hydrogens is 171 g/mol. The van der Waals surface area contributed by atoms with Gasteiger partial charge in [0.25, 0.3) is 0 Å². The maximum Gasteiger partial charge on any atom is 0.364 e. The maximum absolute atomic E-state index is 13.0. The Morgan fingerprint density at radius 3 is 2.00 bits per heavy atom. The van der Waals surface area contributed by atoms with E-state index in [1.54, 1.807) is 0 Å². The number of aliphatic carboxylic acids is 1. The second kappa shape index (κ2) is 5.00. The van der Waals surface area contributed by atoms with Crippen molar-refractivity contribution < 1.29 is 14.3 Å². The third-order valence-electron chi connectivity index (χ3n) is 2.46. The number of rotatable bonds is 1. The topological polar surface area (TPSA) is 37.3 Å². The van der Waals surface area contributed by atoms with E-state index in [4.69, 9.17) is 5.11 Å². The van der Waals surface area contributed by atoms with Crippen LogP contribution in [0.4, 0.5) is 4.39 Å². The molecule has 1 rings (SSSR count). The molecule has 74 valence electrons. The van der Waals surface area contributed by atoms with Gasteiger partial charge in [-0.1, -0.05) is 19.3 Å². The largest absolute Gasteiger partial charge is 0.476 e. The molecule has 0 amide bonds. The highest BCUT2D eigenvalue weighted by molar-refractivity contribution is 5.84. The van der Waals surface area contributed by atoms with Crippen molar-refractivity contribution in [2.75, 3.05) is 0 Å². The first kappa shape index (κ1) is 10.2. The number of carbonyl (C=O) groups is 1. The quantitative estimate of drug-likeness (QED) is 0.639. The van der Waals surface area contributed by atoms with Crippen LogP contribution in [-0.2, 0) is 4.79 Å². The van der Waals surface area contributed by atoms with E-state index in [1.165, 1.54) is 6.42 Å². The summed E-state index contributed by atoms with van der Waals surface area (Å²) < 4.78 is 13.0. The molecule has 1 aliphatic carbocycles. The Morgan fingerprint density at radius 1 is 1.08 bits per heavy atom. The molecule has 0 saturated heterocycles. The van der Waals surface area contributed by atoms with Gasteiger partial charge in [-0.2, -0.15) is 4.39 Å². The Balaban J connectivity index is 2.64. The molecule has 1 saturated carbocycles. The molecule has 0 atom stereocenters. The van der Waals surface area contributed by atoms with Gasteiger partial charge < -0.3 is 5.11 Å². The van der Waals surface area contributed by atoms with Crippen LogP contribution in [0.2, 0.25) is 0 Å². The summed E-state index contributed by atoms with van der Waals surface area (Å²) in [5.41, 5.74) is 0.507. The molecule has 1 fully saturated rings. The molecule has 0 heterocycles. The van der Waals surface area contributed by atoms with Gasteiger partial charge in [0.15, 0.2) is 0 Å². The van der Waals surface area contributed by atoms with Crippen LogP contribution in [-0.4, -0.2) is 11.1 Å². The predicted octanol–water partition coefficient (Wildman–Crippen LogP) is 3.04. The summed E-state index contributed by atoms with van der Waals surface area (Å²) in [7, 11) is 0. The van der Waals surface area contributed by atoms with Gasteiger partial charge in [0, 0.05) is 0 Å². The van der Waals surface area contributed by atoms with Crippen LogP contribution >= 0.6 is 0 Å². The maximum atomic E-state index is 13.0. The molecule has 3 heteroatoms.